The summed E-state index contributed by atoms with van der Waals surface area (Å²) in [5.74, 6) is -1.11. The Morgan fingerprint density at radius 1 is 1.12 bits per heavy atom. The molecule has 0 saturated carbocycles. The van der Waals surface area contributed by atoms with Crippen molar-refractivity contribution in [2.24, 2.45) is 11.3 Å². The topological polar surface area (TPSA) is 20.3 Å². The molecule has 0 aliphatic carbocycles. The van der Waals surface area contributed by atoms with Crippen LogP contribution in [-0.4, -0.2) is 17.4 Å². The van der Waals surface area contributed by atoms with Crippen LogP contribution in [0.3, 0.4) is 0 Å². The molecule has 2 nitrogen and oxygen atoms in total. The second-order valence-electron chi connectivity index (χ2n) is 8.04. The van der Waals surface area contributed by atoms with Gasteiger partial charge in [-0.1, -0.05) is 39.7 Å². The van der Waals surface area contributed by atoms with Gasteiger partial charge in [0.2, 0.25) is 5.91 Å². The Bertz CT molecular complexity index is 656. The summed E-state index contributed by atoms with van der Waals surface area (Å²) >= 11 is 0. The number of amides is 1. The fourth-order valence-electron chi connectivity index (χ4n) is 3.61. The highest BCUT2D eigenvalue weighted by Crippen LogP contribution is 2.37. The lowest BCUT2D eigenvalue weighted by molar-refractivity contribution is -0.128. The van der Waals surface area contributed by atoms with Gasteiger partial charge in [0.05, 0.1) is 0 Å². The number of hydrogen-bond donors (Lipinski definition) is 0. The van der Waals surface area contributed by atoms with Crippen LogP contribution in [0.15, 0.2) is 29.3 Å². The van der Waals surface area contributed by atoms with Crippen molar-refractivity contribution in [3.63, 3.8) is 0 Å². The second-order valence-corrected chi connectivity index (χ2v) is 8.04. The maximum absolute atomic E-state index is 13.5. The van der Waals surface area contributed by atoms with E-state index in [1.807, 2.05) is 13.8 Å². The second kappa shape index (κ2) is 7.67. The van der Waals surface area contributed by atoms with Gasteiger partial charge in [-0.2, -0.15) is 0 Å². The molecule has 0 radical (unpaired) electrons. The van der Waals surface area contributed by atoms with E-state index in [4.69, 9.17) is 0 Å². The lowest BCUT2D eigenvalue weighted by Crippen LogP contribution is -2.34. The van der Waals surface area contributed by atoms with Crippen molar-refractivity contribution in [1.29, 1.82) is 0 Å². The van der Waals surface area contributed by atoms with E-state index in [0.717, 1.165) is 36.5 Å². The van der Waals surface area contributed by atoms with Crippen LogP contribution in [0.5, 0.6) is 0 Å². The predicted molar refractivity (Wildman–Crippen MR) is 96.9 cm³/mol. The summed E-state index contributed by atoms with van der Waals surface area (Å²) in [5.41, 5.74) is 2.44. The summed E-state index contributed by atoms with van der Waals surface area (Å²) < 4.78 is 27.0. The van der Waals surface area contributed by atoms with Gasteiger partial charge in [0.25, 0.3) is 0 Å². The predicted octanol–water partition coefficient (Wildman–Crippen LogP) is 5.48. The van der Waals surface area contributed by atoms with E-state index in [9.17, 15) is 13.6 Å². The van der Waals surface area contributed by atoms with Crippen LogP contribution in [0.4, 0.5) is 8.78 Å². The zero-order chi connectivity index (χ0) is 18.8. The molecule has 1 aromatic rings. The van der Waals surface area contributed by atoms with Crippen LogP contribution in [0, 0.1) is 23.0 Å². The SMILES string of the molecule is C/C1=C(\C(C)C)C(=O)N(Cc2cc(F)cc(F)c2)CCCCC1(C)C. The molecule has 0 bridgehead atoms. The van der Waals surface area contributed by atoms with Gasteiger partial charge in [0.1, 0.15) is 11.6 Å². The summed E-state index contributed by atoms with van der Waals surface area (Å²) in [6, 6.07) is 3.47. The van der Waals surface area contributed by atoms with Gasteiger partial charge < -0.3 is 4.90 Å². The van der Waals surface area contributed by atoms with Gasteiger partial charge in [-0.3, -0.25) is 4.79 Å². The summed E-state index contributed by atoms with van der Waals surface area (Å²) in [7, 11) is 0. The van der Waals surface area contributed by atoms with Crippen molar-refractivity contribution in [2.45, 2.75) is 60.4 Å². The molecule has 0 N–H and O–H groups in total. The first-order valence-electron chi connectivity index (χ1n) is 9.07. The van der Waals surface area contributed by atoms with Crippen LogP contribution >= 0.6 is 0 Å². The lowest BCUT2D eigenvalue weighted by atomic mass is 9.76. The number of benzene rings is 1. The fraction of sp³-hybridized carbons (Fsp3) is 0.571. The van der Waals surface area contributed by atoms with Crippen molar-refractivity contribution in [3.8, 4) is 0 Å². The van der Waals surface area contributed by atoms with Crippen molar-refractivity contribution >= 4 is 5.91 Å². The van der Waals surface area contributed by atoms with E-state index in [1.54, 1.807) is 4.90 Å². The quantitative estimate of drug-likeness (QED) is 0.708. The summed E-state index contributed by atoms with van der Waals surface area (Å²) in [5, 5.41) is 0. The zero-order valence-corrected chi connectivity index (χ0v) is 16.0. The third-order valence-electron chi connectivity index (χ3n) is 5.29. The first-order valence-corrected chi connectivity index (χ1v) is 9.07. The monoisotopic (exact) mass is 349 g/mol. The van der Waals surface area contributed by atoms with Crippen molar-refractivity contribution < 1.29 is 13.6 Å². The van der Waals surface area contributed by atoms with Gasteiger partial charge >= 0.3 is 0 Å². The molecule has 25 heavy (non-hydrogen) atoms. The molecule has 1 amide bonds. The first kappa shape index (κ1) is 19.6. The molecule has 138 valence electrons. The summed E-state index contributed by atoms with van der Waals surface area (Å²) in [6.45, 7) is 11.3. The van der Waals surface area contributed by atoms with Crippen molar-refractivity contribution in [3.05, 3.63) is 46.5 Å². The molecule has 0 atom stereocenters. The van der Waals surface area contributed by atoms with Crippen LogP contribution < -0.4 is 0 Å². The standard InChI is InChI=1S/C21H29F2NO/c1-14(2)19-15(3)21(4,5)8-6-7-9-24(20(19)25)13-16-10-17(22)12-18(23)11-16/h10-12,14H,6-9,13H2,1-5H3/b19-15-. The normalized spacial score (nSPS) is 21.9. The van der Waals surface area contributed by atoms with Crippen molar-refractivity contribution in [1.82, 2.24) is 4.90 Å². The molecule has 0 spiro atoms. The highest BCUT2D eigenvalue weighted by atomic mass is 19.1. The number of allylic oxidation sites excluding steroid dienone is 1. The minimum absolute atomic E-state index is 0.00727. The summed E-state index contributed by atoms with van der Waals surface area (Å²) in [4.78, 5) is 15.0. The Morgan fingerprint density at radius 2 is 1.72 bits per heavy atom. The van der Waals surface area contributed by atoms with Crippen LogP contribution in [0.2, 0.25) is 0 Å². The number of carbonyl (C=O) groups excluding carboxylic acids is 1. The highest BCUT2D eigenvalue weighted by Gasteiger charge is 2.31. The van der Waals surface area contributed by atoms with Crippen LogP contribution in [-0.2, 0) is 11.3 Å². The van der Waals surface area contributed by atoms with Crippen LogP contribution in [0.1, 0.15) is 59.4 Å². The smallest absolute Gasteiger partial charge is 0.250 e. The highest BCUT2D eigenvalue weighted by molar-refractivity contribution is 5.94. The lowest BCUT2D eigenvalue weighted by Gasteiger charge is -2.30. The zero-order valence-electron chi connectivity index (χ0n) is 16.0. The Balaban J connectivity index is 2.40. The van der Waals surface area contributed by atoms with Gasteiger partial charge in [-0.05, 0) is 48.8 Å². The van der Waals surface area contributed by atoms with Crippen LogP contribution in [0.25, 0.3) is 0 Å². The molecule has 0 fully saturated rings. The molecule has 0 aromatic heterocycles. The average molecular weight is 349 g/mol. The average Bonchev–Trinajstić information content (AvgIpc) is 2.51. The minimum atomic E-state index is -0.608. The third kappa shape index (κ3) is 4.68. The number of halogens is 2. The number of hydrogen-bond acceptors (Lipinski definition) is 1. The van der Waals surface area contributed by atoms with E-state index >= 15 is 0 Å². The number of nitrogens with zero attached hydrogens (tertiary/aromatic N) is 1. The Morgan fingerprint density at radius 3 is 2.28 bits per heavy atom. The van der Waals surface area contributed by atoms with E-state index < -0.39 is 11.6 Å². The first-order chi connectivity index (χ1) is 11.6. The van der Waals surface area contributed by atoms with E-state index in [2.05, 4.69) is 20.8 Å². The van der Waals surface area contributed by atoms with E-state index in [0.29, 0.717) is 12.1 Å². The molecule has 0 unspecified atom stereocenters. The molecule has 1 aliphatic rings. The van der Waals surface area contributed by atoms with Gasteiger partial charge in [0.15, 0.2) is 0 Å². The maximum atomic E-state index is 13.5. The van der Waals surface area contributed by atoms with Gasteiger partial charge in [0, 0.05) is 24.7 Å². The van der Waals surface area contributed by atoms with Gasteiger partial charge in [-0.25, -0.2) is 8.78 Å². The minimum Gasteiger partial charge on any atom is -0.335 e. The Labute approximate surface area is 149 Å². The van der Waals surface area contributed by atoms with E-state index in [1.165, 1.54) is 12.1 Å². The summed E-state index contributed by atoms with van der Waals surface area (Å²) in [6.07, 6.45) is 2.95. The fourth-order valence-corrected chi connectivity index (χ4v) is 3.61. The molecule has 0 saturated heterocycles. The Kier molecular flexibility index (Phi) is 6.02. The molecule has 1 heterocycles. The molecular weight excluding hydrogens is 320 g/mol. The molecule has 2 rings (SSSR count). The largest absolute Gasteiger partial charge is 0.335 e. The van der Waals surface area contributed by atoms with Gasteiger partial charge in [-0.15, -0.1) is 0 Å². The number of rotatable bonds is 3. The molecule has 4 heteroatoms. The maximum Gasteiger partial charge on any atom is 0.250 e. The molecule has 1 aromatic carbocycles. The third-order valence-corrected chi connectivity index (χ3v) is 5.29. The molecule has 1 aliphatic heterocycles. The van der Waals surface area contributed by atoms with Crippen molar-refractivity contribution in [2.75, 3.05) is 6.54 Å². The molecular formula is C21H29F2NO. The Hall–Kier alpha value is -1.71. The van der Waals surface area contributed by atoms with E-state index in [-0.39, 0.29) is 23.8 Å². The number of carbonyl (C=O) groups is 1.